The van der Waals surface area contributed by atoms with E-state index in [1.54, 1.807) is 6.20 Å². The summed E-state index contributed by atoms with van der Waals surface area (Å²) < 4.78 is 7.42. The van der Waals surface area contributed by atoms with E-state index in [0.29, 0.717) is 12.6 Å². The number of hydrogen-bond donors (Lipinski definition) is 0. The number of aromatic nitrogens is 2. The Morgan fingerprint density at radius 1 is 1.39 bits per heavy atom. The van der Waals surface area contributed by atoms with Crippen LogP contribution in [0.15, 0.2) is 18.7 Å². The Hall–Kier alpha value is -1.36. The highest BCUT2D eigenvalue weighted by Gasteiger charge is 2.31. The number of likely N-dealkylation sites (tertiary alicyclic amines) is 1. The summed E-state index contributed by atoms with van der Waals surface area (Å²) in [6, 6.07) is 0.382. The molecule has 0 unspecified atom stereocenters. The van der Waals surface area contributed by atoms with Crippen molar-refractivity contribution in [2.75, 3.05) is 26.3 Å². The van der Waals surface area contributed by atoms with E-state index in [-0.39, 0.29) is 11.8 Å². The molecule has 0 aliphatic carbocycles. The Morgan fingerprint density at radius 3 is 3.06 bits per heavy atom. The van der Waals surface area contributed by atoms with Crippen LogP contribution in [0.4, 0.5) is 0 Å². The van der Waals surface area contributed by atoms with Gasteiger partial charge in [0, 0.05) is 32.1 Å². The van der Waals surface area contributed by atoms with Gasteiger partial charge in [-0.15, -0.1) is 0 Å². The molecule has 0 aromatic carbocycles. The van der Waals surface area contributed by atoms with Crippen molar-refractivity contribution in [2.24, 2.45) is 5.92 Å². The summed E-state index contributed by atoms with van der Waals surface area (Å²) >= 11 is 0. The molecule has 0 radical (unpaired) electrons. The highest BCUT2D eigenvalue weighted by Crippen LogP contribution is 2.24. The first-order valence-electron chi connectivity index (χ1n) is 6.68. The van der Waals surface area contributed by atoms with Crippen molar-refractivity contribution in [1.82, 2.24) is 14.5 Å². The van der Waals surface area contributed by atoms with Gasteiger partial charge >= 0.3 is 0 Å². The average Bonchev–Trinajstić information content (AvgIpc) is 3.11. The smallest absolute Gasteiger partial charge is 0.228 e. The fourth-order valence-electron chi connectivity index (χ4n) is 2.87. The molecule has 3 rings (SSSR count). The Morgan fingerprint density at radius 2 is 2.33 bits per heavy atom. The maximum atomic E-state index is 12.3. The van der Waals surface area contributed by atoms with Gasteiger partial charge in [-0.2, -0.15) is 0 Å². The topological polar surface area (TPSA) is 47.4 Å². The Bertz CT molecular complexity index is 398. The first-order valence-corrected chi connectivity index (χ1v) is 6.68. The number of hydrogen-bond acceptors (Lipinski definition) is 3. The zero-order valence-corrected chi connectivity index (χ0v) is 10.5. The molecule has 2 atom stereocenters. The van der Waals surface area contributed by atoms with Gasteiger partial charge in [-0.1, -0.05) is 0 Å². The van der Waals surface area contributed by atoms with Gasteiger partial charge in [0.05, 0.1) is 24.9 Å². The molecular formula is C13H19N3O2. The van der Waals surface area contributed by atoms with Gasteiger partial charge < -0.3 is 14.2 Å². The summed E-state index contributed by atoms with van der Waals surface area (Å²) in [5, 5.41) is 0. The maximum Gasteiger partial charge on any atom is 0.228 e. The number of ether oxygens (including phenoxy) is 1. The Kier molecular flexibility index (Phi) is 3.32. The Balaban J connectivity index is 1.64. The van der Waals surface area contributed by atoms with Gasteiger partial charge in [0.2, 0.25) is 5.91 Å². The highest BCUT2D eigenvalue weighted by molar-refractivity contribution is 5.79. The number of imidazole rings is 1. The van der Waals surface area contributed by atoms with E-state index in [4.69, 9.17) is 4.74 Å². The van der Waals surface area contributed by atoms with E-state index in [2.05, 4.69) is 9.55 Å². The van der Waals surface area contributed by atoms with E-state index in [9.17, 15) is 4.79 Å². The lowest BCUT2D eigenvalue weighted by Gasteiger charge is -2.34. The van der Waals surface area contributed by atoms with Gasteiger partial charge in [-0.05, 0) is 19.3 Å². The summed E-state index contributed by atoms with van der Waals surface area (Å²) in [4.78, 5) is 18.4. The maximum absolute atomic E-state index is 12.3. The lowest BCUT2D eigenvalue weighted by atomic mass is 10.0. The van der Waals surface area contributed by atoms with Gasteiger partial charge in [-0.25, -0.2) is 4.98 Å². The minimum Gasteiger partial charge on any atom is -0.381 e. The fraction of sp³-hybridized carbons (Fsp3) is 0.692. The van der Waals surface area contributed by atoms with E-state index >= 15 is 0 Å². The van der Waals surface area contributed by atoms with Crippen LogP contribution in [0.3, 0.4) is 0 Å². The van der Waals surface area contributed by atoms with Gasteiger partial charge in [-0.3, -0.25) is 4.79 Å². The summed E-state index contributed by atoms with van der Waals surface area (Å²) in [5.41, 5.74) is 0. The van der Waals surface area contributed by atoms with E-state index in [1.807, 2.05) is 17.4 Å². The molecule has 18 heavy (non-hydrogen) atoms. The second kappa shape index (κ2) is 5.10. The number of carbonyl (C=O) groups is 1. The van der Waals surface area contributed by atoms with Gasteiger partial charge in [0.15, 0.2) is 0 Å². The molecule has 0 spiro atoms. The summed E-state index contributed by atoms with van der Waals surface area (Å²) in [6.07, 6.45) is 8.70. The van der Waals surface area contributed by atoms with Crippen molar-refractivity contribution < 1.29 is 9.53 Å². The van der Waals surface area contributed by atoms with Crippen molar-refractivity contribution in [1.29, 1.82) is 0 Å². The predicted molar refractivity (Wildman–Crippen MR) is 66.0 cm³/mol. The molecule has 98 valence electrons. The van der Waals surface area contributed by atoms with Crippen molar-refractivity contribution >= 4 is 5.91 Å². The lowest BCUT2D eigenvalue weighted by molar-refractivity contribution is -0.137. The first kappa shape index (κ1) is 11.7. The Labute approximate surface area is 107 Å². The normalized spacial score (nSPS) is 28.6. The molecule has 2 saturated heterocycles. The van der Waals surface area contributed by atoms with Crippen LogP contribution in [0.2, 0.25) is 0 Å². The van der Waals surface area contributed by atoms with Crippen LogP contribution in [0.5, 0.6) is 0 Å². The molecule has 1 aromatic rings. The van der Waals surface area contributed by atoms with Crippen LogP contribution in [-0.2, 0) is 9.53 Å². The van der Waals surface area contributed by atoms with Crippen molar-refractivity contribution in [2.45, 2.75) is 25.3 Å². The molecule has 2 aliphatic heterocycles. The third-order valence-corrected chi connectivity index (χ3v) is 3.93. The van der Waals surface area contributed by atoms with Crippen LogP contribution in [0.25, 0.3) is 0 Å². The van der Waals surface area contributed by atoms with Crippen LogP contribution in [-0.4, -0.2) is 46.7 Å². The van der Waals surface area contributed by atoms with Gasteiger partial charge in [0.1, 0.15) is 0 Å². The van der Waals surface area contributed by atoms with Crippen LogP contribution >= 0.6 is 0 Å². The third-order valence-electron chi connectivity index (χ3n) is 3.93. The zero-order chi connectivity index (χ0) is 12.4. The molecule has 5 heteroatoms. The van der Waals surface area contributed by atoms with Crippen molar-refractivity contribution in [3.63, 3.8) is 0 Å². The molecule has 5 nitrogen and oxygen atoms in total. The number of piperidine rings is 1. The molecular weight excluding hydrogens is 230 g/mol. The lowest BCUT2D eigenvalue weighted by Crippen LogP contribution is -2.43. The SMILES string of the molecule is O=C([C@H]1CCOC1)N1CCC[C@H](n2ccnc2)C1. The summed E-state index contributed by atoms with van der Waals surface area (Å²) in [5.74, 6) is 0.365. The molecule has 2 aliphatic rings. The quantitative estimate of drug-likeness (QED) is 0.788. The molecule has 1 amide bonds. The van der Waals surface area contributed by atoms with Crippen molar-refractivity contribution in [3.8, 4) is 0 Å². The summed E-state index contributed by atoms with van der Waals surface area (Å²) in [7, 11) is 0. The van der Waals surface area contributed by atoms with Crippen molar-refractivity contribution in [3.05, 3.63) is 18.7 Å². The predicted octanol–water partition coefficient (Wildman–Crippen LogP) is 1.08. The number of carbonyl (C=O) groups excluding carboxylic acids is 1. The molecule has 0 N–H and O–H groups in total. The molecule has 0 saturated carbocycles. The minimum atomic E-state index is 0.0894. The molecule has 1 aromatic heterocycles. The largest absolute Gasteiger partial charge is 0.381 e. The monoisotopic (exact) mass is 249 g/mol. The third kappa shape index (κ3) is 2.27. The molecule has 2 fully saturated rings. The second-order valence-electron chi connectivity index (χ2n) is 5.15. The second-order valence-corrected chi connectivity index (χ2v) is 5.15. The minimum absolute atomic E-state index is 0.0894. The number of amides is 1. The fourth-order valence-corrected chi connectivity index (χ4v) is 2.87. The standard InChI is InChI=1S/C13H19N3O2/c17-13(11-3-7-18-9-11)15-5-1-2-12(8-15)16-6-4-14-10-16/h4,6,10-12H,1-3,5,7-9H2/t11-,12-/m0/s1. The highest BCUT2D eigenvalue weighted by atomic mass is 16.5. The number of rotatable bonds is 2. The van der Waals surface area contributed by atoms with Crippen LogP contribution in [0, 0.1) is 5.92 Å². The van der Waals surface area contributed by atoms with Crippen LogP contribution < -0.4 is 0 Å². The van der Waals surface area contributed by atoms with E-state index < -0.39 is 0 Å². The first-order chi connectivity index (χ1) is 8.84. The summed E-state index contributed by atoms with van der Waals surface area (Å²) in [6.45, 7) is 3.03. The zero-order valence-electron chi connectivity index (χ0n) is 10.5. The van der Waals surface area contributed by atoms with Crippen LogP contribution in [0.1, 0.15) is 25.3 Å². The van der Waals surface area contributed by atoms with E-state index in [0.717, 1.165) is 39.0 Å². The molecule has 3 heterocycles. The van der Waals surface area contributed by atoms with E-state index in [1.165, 1.54) is 0 Å². The molecule has 0 bridgehead atoms. The van der Waals surface area contributed by atoms with Gasteiger partial charge in [0.25, 0.3) is 0 Å². The average molecular weight is 249 g/mol. The number of nitrogens with zero attached hydrogens (tertiary/aromatic N) is 3.